The number of aliphatic hydroxyl groups is 1. The van der Waals surface area contributed by atoms with Crippen LogP contribution < -0.4 is 5.32 Å². The highest BCUT2D eigenvalue weighted by molar-refractivity contribution is 6.33. The molecule has 0 saturated carbocycles. The number of halogens is 1. The number of piperidine rings is 1. The normalized spacial score (nSPS) is 18.0. The molecule has 0 aromatic heterocycles. The first-order chi connectivity index (χ1) is 10.8. The van der Waals surface area contributed by atoms with Gasteiger partial charge in [-0.2, -0.15) is 0 Å². The molecule has 1 amide bonds. The van der Waals surface area contributed by atoms with Crippen molar-refractivity contribution in [2.45, 2.75) is 45.8 Å². The molecule has 1 aliphatic heterocycles. The molecule has 1 aliphatic rings. The number of hydrogen-bond acceptors (Lipinski definition) is 3. The van der Waals surface area contributed by atoms with Gasteiger partial charge in [0.2, 0.25) is 0 Å². The van der Waals surface area contributed by atoms with Crippen molar-refractivity contribution in [1.82, 2.24) is 10.2 Å². The van der Waals surface area contributed by atoms with Gasteiger partial charge in [-0.1, -0.05) is 44.5 Å². The molecular weight excluding hydrogens is 312 g/mol. The van der Waals surface area contributed by atoms with Crippen molar-refractivity contribution in [2.75, 3.05) is 19.6 Å². The van der Waals surface area contributed by atoms with Crippen molar-refractivity contribution in [2.24, 2.45) is 5.41 Å². The minimum absolute atomic E-state index is 0.00350. The zero-order valence-corrected chi connectivity index (χ0v) is 14.9. The number of aliphatic hydroxyl groups excluding tert-OH is 1. The fraction of sp³-hybridized carbons (Fsp3) is 0.611. The van der Waals surface area contributed by atoms with E-state index in [4.69, 9.17) is 11.6 Å². The summed E-state index contributed by atoms with van der Waals surface area (Å²) in [5.74, 6) is 0.00350. The van der Waals surface area contributed by atoms with E-state index in [0.717, 1.165) is 12.8 Å². The smallest absolute Gasteiger partial charge is 0.255 e. The fourth-order valence-electron chi connectivity index (χ4n) is 2.68. The van der Waals surface area contributed by atoms with Crippen LogP contribution in [0.15, 0.2) is 24.3 Å². The Bertz CT molecular complexity index is 534. The van der Waals surface area contributed by atoms with Gasteiger partial charge in [0.25, 0.3) is 5.91 Å². The Kier molecular flexibility index (Phi) is 6.06. The Hall–Kier alpha value is -1.10. The lowest BCUT2D eigenvalue weighted by Crippen LogP contribution is -2.48. The van der Waals surface area contributed by atoms with Crippen molar-refractivity contribution >= 4 is 17.5 Å². The highest BCUT2D eigenvalue weighted by atomic mass is 35.5. The highest BCUT2D eigenvalue weighted by Crippen LogP contribution is 2.21. The third-order valence-electron chi connectivity index (χ3n) is 4.49. The molecular formula is C18H27ClN2O2. The predicted octanol–water partition coefficient (Wildman–Crippen LogP) is 2.94. The second-order valence-electron chi connectivity index (χ2n) is 7.34. The quantitative estimate of drug-likeness (QED) is 0.887. The molecule has 0 aliphatic carbocycles. The average molecular weight is 339 g/mol. The van der Waals surface area contributed by atoms with Gasteiger partial charge in [0.15, 0.2) is 0 Å². The van der Waals surface area contributed by atoms with Gasteiger partial charge in [-0.3, -0.25) is 4.79 Å². The topological polar surface area (TPSA) is 52.6 Å². The largest absolute Gasteiger partial charge is 0.391 e. The Morgan fingerprint density at radius 3 is 2.52 bits per heavy atom. The number of carbonyl (C=O) groups is 1. The number of rotatable bonds is 4. The summed E-state index contributed by atoms with van der Waals surface area (Å²) in [6.07, 6.45) is 1.42. The van der Waals surface area contributed by atoms with Gasteiger partial charge in [-0.15, -0.1) is 0 Å². The van der Waals surface area contributed by atoms with E-state index in [0.29, 0.717) is 36.3 Å². The molecule has 1 fully saturated rings. The number of nitrogens with one attached hydrogen (secondary N) is 1. The van der Waals surface area contributed by atoms with E-state index in [1.807, 2.05) is 37.8 Å². The first-order valence-electron chi connectivity index (χ1n) is 8.24. The molecule has 5 heteroatoms. The van der Waals surface area contributed by atoms with Crippen LogP contribution in [-0.2, 0) is 0 Å². The van der Waals surface area contributed by atoms with Crippen LogP contribution in [-0.4, -0.2) is 47.7 Å². The molecule has 0 radical (unpaired) electrons. The van der Waals surface area contributed by atoms with Gasteiger partial charge in [-0.05, 0) is 30.4 Å². The van der Waals surface area contributed by atoms with Crippen molar-refractivity contribution in [1.29, 1.82) is 0 Å². The second-order valence-corrected chi connectivity index (χ2v) is 7.74. The van der Waals surface area contributed by atoms with Gasteiger partial charge in [-0.25, -0.2) is 0 Å². The Balaban J connectivity index is 1.82. The Morgan fingerprint density at radius 2 is 1.96 bits per heavy atom. The summed E-state index contributed by atoms with van der Waals surface area (Å²) < 4.78 is 0. The van der Waals surface area contributed by atoms with Crippen molar-refractivity contribution in [3.63, 3.8) is 0 Å². The van der Waals surface area contributed by atoms with Crippen LogP contribution in [0.25, 0.3) is 0 Å². The fourth-order valence-corrected chi connectivity index (χ4v) is 2.89. The molecule has 4 nitrogen and oxygen atoms in total. The molecule has 23 heavy (non-hydrogen) atoms. The molecule has 0 spiro atoms. The number of nitrogens with zero attached hydrogens (tertiary/aromatic N) is 1. The molecule has 1 unspecified atom stereocenters. The maximum absolute atomic E-state index is 12.5. The lowest BCUT2D eigenvalue weighted by molar-refractivity contribution is 0.0547. The summed E-state index contributed by atoms with van der Waals surface area (Å²) in [6, 6.07) is 7.53. The molecule has 2 N–H and O–H groups in total. The lowest BCUT2D eigenvalue weighted by atomic mass is 9.89. The predicted molar refractivity (Wildman–Crippen MR) is 93.8 cm³/mol. The zero-order valence-electron chi connectivity index (χ0n) is 14.2. The van der Waals surface area contributed by atoms with Crippen LogP contribution in [0.1, 0.15) is 44.0 Å². The molecule has 1 aromatic rings. The lowest BCUT2D eigenvalue weighted by Gasteiger charge is -2.34. The van der Waals surface area contributed by atoms with Crippen molar-refractivity contribution in [3.05, 3.63) is 34.9 Å². The van der Waals surface area contributed by atoms with Crippen LogP contribution in [0, 0.1) is 5.41 Å². The maximum atomic E-state index is 12.5. The van der Waals surface area contributed by atoms with Gasteiger partial charge in [0.05, 0.1) is 16.7 Å². The first-order valence-corrected chi connectivity index (χ1v) is 8.62. The molecule has 128 valence electrons. The Labute approximate surface area is 143 Å². The summed E-state index contributed by atoms with van der Waals surface area (Å²) in [5, 5.41) is 14.0. The standard InChI is InChI=1S/C18H27ClN2O2/c1-18(2,3)16(22)12-20-13-8-10-21(11-9-13)17(23)14-6-4-5-7-15(14)19/h4-7,13,16,20,22H,8-12H2,1-3H3. The maximum Gasteiger partial charge on any atom is 0.255 e. The monoisotopic (exact) mass is 338 g/mol. The van der Waals surface area contributed by atoms with Crippen LogP contribution in [0.5, 0.6) is 0 Å². The third kappa shape index (κ3) is 4.93. The molecule has 1 atom stereocenters. The average Bonchev–Trinajstić information content (AvgIpc) is 2.52. The Morgan fingerprint density at radius 1 is 1.35 bits per heavy atom. The number of carbonyl (C=O) groups excluding carboxylic acids is 1. The first kappa shape index (κ1) is 18.2. The van der Waals surface area contributed by atoms with Gasteiger partial charge in [0.1, 0.15) is 0 Å². The summed E-state index contributed by atoms with van der Waals surface area (Å²) >= 11 is 6.11. The molecule has 1 aromatic carbocycles. The van der Waals surface area contributed by atoms with E-state index >= 15 is 0 Å². The van der Waals surface area contributed by atoms with E-state index in [-0.39, 0.29) is 17.4 Å². The highest BCUT2D eigenvalue weighted by Gasteiger charge is 2.27. The molecule has 1 heterocycles. The van der Waals surface area contributed by atoms with Crippen molar-refractivity contribution < 1.29 is 9.90 Å². The van der Waals surface area contributed by atoms with Crippen LogP contribution in [0.3, 0.4) is 0 Å². The van der Waals surface area contributed by atoms with Gasteiger partial charge in [0, 0.05) is 25.7 Å². The van der Waals surface area contributed by atoms with E-state index in [2.05, 4.69) is 5.32 Å². The SMILES string of the molecule is CC(C)(C)C(O)CNC1CCN(C(=O)c2ccccc2Cl)CC1. The van der Waals surface area contributed by atoms with Crippen LogP contribution in [0.2, 0.25) is 5.02 Å². The van der Waals surface area contributed by atoms with E-state index in [1.54, 1.807) is 12.1 Å². The van der Waals surface area contributed by atoms with Gasteiger partial charge >= 0.3 is 0 Å². The van der Waals surface area contributed by atoms with Crippen LogP contribution >= 0.6 is 11.6 Å². The molecule has 2 rings (SSSR count). The van der Waals surface area contributed by atoms with E-state index < -0.39 is 0 Å². The zero-order chi connectivity index (χ0) is 17.0. The van der Waals surface area contributed by atoms with Crippen LogP contribution in [0.4, 0.5) is 0 Å². The van der Waals surface area contributed by atoms with Crippen molar-refractivity contribution in [3.8, 4) is 0 Å². The second kappa shape index (κ2) is 7.65. The van der Waals surface area contributed by atoms with E-state index in [1.165, 1.54) is 0 Å². The minimum Gasteiger partial charge on any atom is -0.391 e. The number of amides is 1. The van der Waals surface area contributed by atoms with E-state index in [9.17, 15) is 9.90 Å². The third-order valence-corrected chi connectivity index (χ3v) is 4.82. The molecule has 0 bridgehead atoms. The number of likely N-dealkylation sites (tertiary alicyclic amines) is 1. The number of hydrogen-bond donors (Lipinski definition) is 2. The summed E-state index contributed by atoms with van der Waals surface area (Å²) in [5.41, 5.74) is 0.456. The summed E-state index contributed by atoms with van der Waals surface area (Å²) in [4.78, 5) is 14.4. The summed E-state index contributed by atoms with van der Waals surface area (Å²) in [7, 11) is 0. The number of benzene rings is 1. The minimum atomic E-state index is -0.370. The van der Waals surface area contributed by atoms with Gasteiger partial charge < -0.3 is 15.3 Å². The molecule has 1 saturated heterocycles. The summed E-state index contributed by atoms with van der Waals surface area (Å²) in [6.45, 7) is 8.12.